The van der Waals surface area contributed by atoms with Crippen LogP contribution in [0.1, 0.15) is 20.8 Å². The molecule has 15 atom stereocenters. The molecule has 0 unspecified atom stereocenters. The van der Waals surface area contributed by atoms with Gasteiger partial charge in [-0.15, -0.1) is 0 Å². The van der Waals surface area contributed by atoms with Crippen molar-refractivity contribution in [1.82, 2.24) is 0 Å². The SMILES string of the molecule is CC(C)[C@@H]1O[C@H](CO[C@@H]2O[C@H](CO)[C@@H](O)[C@H](C)[C@H]2O)[C@@H](O)[C@H](O)[C@H]1O[C@@H]1O[C@H](CO)[C@@H](O)[C@H](O)[C@H]1O. The molecule has 0 aromatic rings. The van der Waals surface area contributed by atoms with Gasteiger partial charge in [0, 0.05) is 5.92 Å². The number of rotatable bonds is 8. The van der Waals surface area contributed by atoms with Gasteiger partial charge in [0.2, 0.25) is 0 Å². The fourth-order valence-corrected chi connectivity index (χ4v) is 4.74. The molecule has 3 fully saturated rings. The van der Waals surface area contributed by atoms with Crippen LogP contribution in [-0.2, 0) is 23.7 Å². The van der Waals surface area contributed by atoms with E-state index in [0.29, 0.717) is 0 Å². The van der Waals surface area contributed by atoms with Crippen LogP contribution in [0.2, 0.25) is 0 Å². The minimum absolute atomic E-state index is 0.282. The highest BCUT2D eigenvalue weighted by atomic mass is 16.7. The molecule has 0 amide bonds. The minimum Gasteiger partial charge on any atom is -0.394 e. The Kier molecular flexibility index (Phi) is 10.4. The van der Waals surface area contributed by atoms with Crippen molar-refractivity contribution in [2.45, 2.75) is 107 Å². The summed E-state index contributed by atoms with van der Waals surface area (Å²) in [5.41, 5.74) is 0. The van der Waals surface area contributed by atoms with Crippen LogP contribution in [0.25, 0.3) is 0 Å². The molecule has 0 bridgehead atoms. The fraction of sp³-hybridized carbons (Fsp3) is 1.00. The third kappa shape index (κ3) is 6.02. The highest BCUT2D eigenvalue weighted by Gasteiger charge is 2.51. The van der Waals surface area contributed by atoms with E-state index in [1.807, 2.05) is 0 Å². The maximum atomic E-state index is 10.9. The normalized spacial score (nSPS) is 50.4. The first-order valence-corrected chi connectivity index (χ1v) is 12.1. The maximum Gasteiger partial charge on any atom is 0.187 e. The summed E-state index contributed by atoms with van der Waals surface area (Å²) in [7, 11) is 0. The van der Waals surface area contributed by atoms with E-state index in [9.17, 15) is 46.0 Å². The smallest absolute Gasteiger partial charge is 0.187 e. The van der Waals surface area contributed by atoms with Gasteiger partial charge in [0.1, 0.15) is 61.0 Å². The quantitative estimate of drug-likeness (QED) is 0.144. The lowest BCUT2D eigenvalue weighted by Crippen LogP contribution is -2.65. The van der Waals surface area contributed by atoms with Crippen LogP contribution in [0.3, 0.4) is 0 Å². The first kappa shape index (κ1) is 30.0. The van der Waals surface area contributed by atoms with Crippen molar-refractivity contribution in [1.29, 1.82) is 0 Å². The summed E-state index contributed by atoms with van der Waals surface area (Å²) in [5.74, 6) is -0.946. The van der Waals surface area contributed by atoms with Crippen molar-refractivity contribution in [2.24, 2.45) is 11.8 Å². The predicted molar refractivity (Wildman–Crippen MR) is 117 cm³/mol. The molecule has 0 radical (unpaired) electrons. The second-order valence-corrected chi connectivity index (χ2v) is 10.1. The topological polar surface area (TPSA) is 228 Å². The first-order valence-electron chi connectivity index (χ1n) is 12.1. The Bertz CT molecular complexity index is 677. The van der Waals surface area contributed by atoms with Gasteiger partial charge in [0.25, 0.3) is 0 Å². The zero-order valence-corrected chi connectivity index (χ0v) is 20.4. The molecule has 3 rings (SSSR count). The fourth-order valence-electron chi connectivity index (χ4n) is 4.74. The summed E-state index contributed by atoms with van der Waals surface area (Å²) < 4.78 is 28.1. The van der Waals surface area contributed by atoms with Crippen LogP contribution in [0.15, 0.2) is 0 Å². The summed E-state index contributed by atoms with van der Waals surface area (Å²) in [4.78, 5) is 0. The molecule has 0 aliphatic carbocycles. The van der Waals surface area contributed by atoms with Crippen molar-refractivity contribution in [3.8, 4) is 0 Å². The Morgan fingerprint density at radius 2 is 1.19 bits per heavy atom. The predicted octanol–water partition coefficient (Wildman–Crippen LogP) is -4.59. The van der Waals surface area contributed by atoms with Gasteiger partial charge in [-0.1, -0.05) is 20.8 Å². The zero-order valence-electron chi connectivity index (χ0n) is 20.4. The van der Waals surface area contributed by atoms with Crippen LogP contribution in [0, 0.1) is 11.8 Å². The largest absolute Gasteiger partial charge is 0.394 e. The van der Waals surface area contributed by atoms with Gasteiger partial charge in [-0.2, -0.15) is 0 Å². The number of hydrogen-bond donors (Lipinski definition) is 9. The van der Waals surface area contributed by atoms with Gasteiger partial charge >= 0.3 is 0 Å². The van der Waals surface area contributed by atoms with E-state index in [2.05, 4.69) is 0 Å². The van der Waals surface area contributed by atoms with E-state index in [1.165, 1.54) is 0 Å². The highest BCUT2D eigenvalue weighted by molar-refractivity contribution is 4.97. The first-order chi connectivity index (χ1) is 16.9. The molecular weight excluding hydrogens is 488 g/mol. The van der Waals surface area contributed by atoms with Crippen molar-refractivity contribution < 1.29 is 69.6 Å². The average Bonchev–Trinajstić information content (AvgIpc) is 2.85. The monoisotopic (exact) mass is 528 g/mol. The van der Waals surface area contributed by atoms with Crippen molar-refractivity contribution in [3.05, 3.63) is 0 Å². The lowest BCUT2D eigenvalue weighted by molar-refractivity contribution is -0.348. The standard InChI is InChI=1S/C22H40O14/c1-7(2)19-20(36-22-18(31)16(29)14(27)10(5-24)35-22)17(30)15(28)11(33-19)6-32-21-13(26)8(3)12(25)9(4-23)34-21/h7-31H,4-6H2,1-3H3/t8-,9+,10+,11+,12-,13+,14+,15+,16-,17-,18+,19-,20+,21+,22-/m0/s1. The summed E-state index contributed by atoms with van der Waals surface area (Å²) in [6.07, 6.45) is -18.6. The summed E-state index contributed by atoms with van der Waals surface area (Å²) in [6, 6.07) is 0. The third-order valence-electron chi connectivity index (χ3n) is 7.17. The molecule has 9 N–H and O–H groups in total. The Labute approximate surface area is 208 Å². The van der Waals surface area contributed by atoms with Crippen LogP contribution >= 0.6 is 0 Å². The number of ether oxygens (including phenoxy) is 5. The van der Waals surface area contributed by atoms with E-state index >= 15 is 0 Å². The second kappa shape index (κ2) is 12.5. The minimum atomic E-state index is -1.71. The van der Waals surface area contributed by atoms with Gasteiger partial charge in [-0.3, -0.25) is 0 Å². The van der Waals surface area contributed by atoms with Gasteiger partial charge in [0.15, 0.2) is 12.6 Å². The molecule has 0 saturated carbocycles. The van der Waals surface area contributed by atoms with Crippen LogP contribution in [0.4, 0.5) is 0 Å². The van der Waals surface area contributed by atoms with Gasteiger partial charge in [-0.05, 0) is 5.92 Å². The molecule has 3 aliphatic rings. The molecule has 0 aromatic carbocycles. The number of hydrogen-bond acceptors (Lipinski definition) is 14. The average molecular weight is 529 g/mol. The summed E-state index contributed by atoms with van der Waals surface area (Å²) >= 11 is 0. The molecular formula is C22H40O14. The number of aliphatic hydroxyl groups excluding tert-OH is 9. The maximum absolute atomic E-state index is 10.9. The Balaban J connectivity index is 1.68. The van der Waals surface area contributed by atoms with E-state index in [4.69, 9.17) is 23.7 Å². The molecule has 36 heavy (non-hydrogen) atoms. The molecule has 0 aromatic heterocycles. The van der Waals surface area contributed by atoms with E-state index < -0.39 is 105 Å². The molecule has 3 aliphatic heterocycles. The molecule has 14 nitrogen and oxygen atoms in total. The van der Waals surface area contributed by atoms with Crippen molar-refractivity contribution in [3.63, 3.8) is 0 Å². The van der Waals surface area contributed by atoms with Gasteiger partial charge in [-0.25, -0.2) is 0 Å². The summed E-state index contributed by atoms with van der Waals surface area (Å²) in [6.45, 7) is 3.62. The zero-order chi connectivity index (χ0) is 26.9. The lowest BCUT2D eigenvalue weighted by Gasteiger charge is -2.48. The lowest BCUT2D eigenvalue weighted by atomic mass is 9.89. The van der Waals surface area contributed by atoms with Crippen LogP contribution < -0.4 is 0 Å². The Hall–Kier alpha value is -0.560. The molecule has 212 valence electrons. The Morgan fingerprint density at radius 1 is 0.639 bits per heavy atom. The molecule has 3 heterocycles. The third-order valence-corrected chi connectivity index (χ3v) is 7.17. The second-order valence-electron chi connectivity index (χ2n) is 10.1. The van der Waals surface area contributed by atoms with E-state index in [0.717, 1.165) is 0 Å². The van der Waals surface area contributed by atoms with E-state index in [-0.39, 0.29) is 12.5 Å². The Morgan fingerprint density at radius 3 is 1.78 bits per heavy atom. The summed E-state index contributed by atoms with van der Waals surface area (Å²) in [5, 5.41) is 91.2. The van der Waals surface area contributed by atoms with Gasteiger partial charge in [0.05, 0.1) is 32.0 Å². The van der Waals surface area contributed by atoms with Gasteiger partial charge < -0.3 is 69.6 Å². The number of aliphatic hydroxyl groups is 9. The van der Waals surface area contributed by atoms with Crippen molar-refractivity contribution >= 4 is 0 Å². The van der Waals surface area contributed by atoms with Crippen LogP contribution in [0.5, 0.6) is 0 Å². The molecule has 0 spiro atoms. The van der Waals surface area contributed by atoms with Crippen molar-refractivity contribution in [2.75, 3.05) is 19.8 Å². The van der Waals surface area contributed by atoms with E-state index in [1.54, 1.807) is 20.8 Å². The highest BCUT2D eigenvalue weighted by Crippen LogP contribution is 2.33. The van der Waals surface area contributed by atoms with Crippen LogP contribution in [-0.4, -0.2) is 152 Å². The molecule has 14 heteroatoms. The molecule has 3 saturated heterocycles.